The molecule has 21 heavy (non-hydrogen) atoms. The summed E-state index contributed by atoms with van der Waals surface area (Å²) in [7, 11) is 0. The van der Waals surface area contributed by atoms with Gasteiger partial charge in [-0.15, -0.1) is 0 Å². The molecule has 2 aromatic rings. The van der Waals surface area contributed by atoms with Crippen molar-refractivity contribution in [1.29, 1.82) is 0 Å². The number of alkyl halides is 3. The van der Waals surface area contributed by atoms with Gasteiger partial charge in [0.2, 0.25) is 0 Å². The van der Waals surface area contributed by atoms with Gasteiger partial charge in [-0.3, -0.25) is 4.79 Å². The molecule has 0 N–H and O–H groups in total. The summed E-state index contributed by atoms with van der Waals surface area (Å²) < 4.78 is 51.4. The average molecular weight is 296 g/mol. The Hall–Kier alpha value is -2.17. The van der Waals surface area contributed by atoms with E-state index in [2.05, 4.69) is 0 Å². The van der Waals surface area contributed by atoms with Crippen molar-refractivity contribution in [3.63, 3.8) is 0 Å². The van der Waals surface area contributed by atoms with Gasteiger partial charge in [0, 0.05) is 12.0 Å². The Kier molecular flexibility index (Phi) is 4.11. The van der Waals surface area contributed by atoms with Gasteiger partial charge in [-0.2, -0.15) is 13.2 Å². The second kappa shape index (κ2) is 5.68. The maximum Gasteiger partial charge on any atom is 0.419 e. The highest BCUT2D eigenvalue weighted by atomic mass is 19.4. The van der Waals surface area contributed by atoms with Gasteiger partial charge in [-0.05, 0) is 29.3 Å². The van der Waals surface area contributed by atoms with Crippen molar-refractivity contribution in [2.24, 2.45) is 0 Å². The number of halogens is 4. The minimum atomic E-state index is -4.75. The van der Waals surface area contributed by atoms with E-state index in [-0.39, 0.29) is 11.3 Å². The van der Waals surface area contributed by atoms with Gasteiger partial charge in [0.1, 0.15) is 5.82 Å². The fourth-order valence-corrected chi connectivity index (χ4v) is 2.00. The maximum absolute atomic E-state index is 13.3. The lowest BCUT2D eigenvalue weighted by Gasteiger charge is -2.11. The van der Waals surface area contributed by atoms with Crippen molar-refractivity contribution < 1.29 is 22.4 Å². The summed E-state index contributed by atoms with van der Waals surface area (Å²) in [5.41, 5.74) is -0.227. The Bertz CT molecular complexity index is 674. The van der Waals surface area contributed by atoms with E-state index < -0.39 is 17.6 Å². The van der Waals surface area contributed by atoms with E-state index in [1.807, 2.05) is 0 Å². The first-order chi connectivity index (χ1) is 9.82. The topological polar surface area (TPSA) is 17.1 Å². The van der Waals surface area contributed by atoms with Crippen molar-refractivity contribution in [1.82, 2.24) is 0 Å². The maximum atomic E-state index is 13.3. The molecule has 0 aliphatic rings. The average Bonchev–Trinajstić information content (AvgIpc) is 2.46. The van der Waals surface area contributed by atoms with Gasteiger partial charge in [0.25, 0.3) is 0 Å². The molecule has 2 aromatic carbocycles. The van der Waals surface area contributed by atoms with E-state index in [4.69, 9.17) is 0 Å². The highest BCUT2D eigenvalue weighted by Gasteiger charge is 2.34. The molecule has 0 spiro atoms. The van der Waals surface area contributed by atoms with Gasteiger partial charge in [0.15, 0.2) is 5.78 Å². The molecule has 0 aliphatic carbocycles. The molecular weight excluding hydrogens is 284 g/mol. The molecular formula is C16H12F4O. The van der Waals surface area contributed by atoms with Crippen molar-refractivity contribution >= 4 is 5.78 Å². The van der Waals surface area contributed by atoms with Gasteiger partial charge in [0.05, 0.1) is 5.56 Å². The zero-order chi connectivity index (χ0) is 15.6. The molecule has 0 heterocycles. The lowest BCUT2D eigenvalue weighted by atomic mass is 9.99. The van der Waals surface area contributed by atoms with E-state index in [1.54, 1.807) is 25.1 Å². The molecule has 0 saturated carbocycles. The lowest BCUT2D eigenvalue weighted by Crippen LogP contribution is -2.08. The molecule has 0 aliphatic heterocycles. The standard InChI is InChI=1S/C16H12F4O/c1-2-15(21)12-5-3-4-10(8-12)11-6-7-14(17)13(9-11)16(18,19)20/h3-9H,2H2,1H3. The van der Waals surface area contributed by atoms with Crippen LogP contribution in [0, 0.1) is 5.82 Å². The molecule has 0 aromatic heterocycles. The van der Waals surface area contributed by atoms with Crippen LogP contribution in [0.4, 0.5) is 17.6 Å². The SMILES string of the molecule is CCC(=O)c1cccc(-c2ccc(F)c(C(F)(F)F)c2)c1. The lowest BCUT2D eigenvalue weighted by molar-refractivity contribution is -0.139. The number of Topliss-reactive ketones (excluding diaryl/α,β-unsaturated/α-hetero) is 1. The van der Waals surface area contributed by atoms with Crippen molar-refractivity contribution in [2.45, 2.75) is 19.5 Å². The minimum absolute atomic E-state index is 0.102. The van der Waals surface area contributed by atoms with E-state index in [9.17, 15) is 22.4 Å². The van der Waals surface area contributed by atoms with Crippen molar-refractivity contribution in [2.75, 3.05) is 0 Å². The normalized spacial score (nSPS) is 11.5. The van der Waals surface area contributed by atoms with Crippen LogP contribution in [0.1, 0.15) is 29.3 Å². The number of rotatable bonds is 3. The molecule has 5 heteroatoms. The van der Waals surface area contributed by atoms with Crippen molar-refractivity contribution in [3.05, 3.63) is 59.4 Å². The molecule has 1 nitrogen and oxygen atoms in total. The first kappa shape index (κ1) is 15.2. The number of benzene rings is 2. The first-order valence-electron chi connectivity index (χ1n) is 6.33. The molecule has 0 fully saturated rings. The summed E-state index contributed by atoms with van der Waals surface area (Å²) in [6, 6.07) is 9.09. The smallest absolute Gasteiger partial charge is 0.294 e. The summed E-state index contributed by atoms with van der Waals surface area (Å²) >= 11 is 0. The van der Waals surface area contributed by atoms with Crippen LogP contribution < -0.4 is 0 Å². The van der Waals surface area contributed by atoms with Crippen LogP contribution in [-0.2, 0) is 6.18 Å². The summed E-state index contributed by atoms with van der Waals surface area (Å²) in [6.45, 7) is 1.70. The second-order valence-corrected chi connectivity index (χ2v) is 4.55. The minimum Gasteiger partial charge on any atom is -0.294 e. The quantitative estimate of drug-likeness (QED) is 0.568. The molecule has 0 radical (unpaired) electrons. The number of ketones is 1. The Labute approximate surface area is 119 Å². The number of carbonyl (C=O) groups excluding carboxylic acids is 1. The fourth-order valence-electron chi connectivity index (χ4n) is 2.00. The van der Waals surface area contributed by atoms with Gasteiger partial charge < -0.3 is 0 Å². The Morgan fingerprint density at radius 2 is 1.71 bits per heavy atom. The molecule has 0 amide bonds. The Morgan fingerprint density at radius 3 is 2.33 bits per heavy atom. The third kappa shape index (κ3) is 3.29. The Morgan fingerprint density at radius 1 is 1.05 bits per heavy atom. The van der Waals surface area contributed by atoms with Crippen LogP contribution in [0.3, 0.4) is 0 Å². The van der Waals surface area contributed by atoms with Crippen LogP contribution in [-0.4, -0.2) is 5.78 Å². The number of hydrogen-bond donors (Lipinski definition) is 0. The summed E-state index contributed by atoms with van der Waals surface area (Å²) in [6.07, 6.45) is -4.45. The molecule has 0 unspecified atom stereocenters. The van der Waals surface area contributed by atoms with Crippen LogP contribution in [0.25, 0.3) is 11.1 Å². The van der Waals surface area contributed by atoms with E-state index in [0.29, 0.717) is 17.5 Å². The summed E-state index contributed by atoms with van der Waals surface area (Å²) in [5.74, 6) is -1.41. The number of carbonyl (C=O) groups is 1. The van der Waals surface area contributed by atoms with E-state index >= 15 is 0 Å². The summed E-state index contributed by atoms with van der Waals surface area (Å²) in [4.78, 5) is 11.6. The fraction of sp³-hybridized carbons (Fsp3) is 0.188. The first-order valence-corrected chi connectivity index (χ1v) is 6.33. The predicted octanol–water partition coefficient (Wildman–Crippen LogP) is 5.10. The number of hydrogen-bond acceptors (Lipinski definition) is 1. The highest BCUT2D eigenvalue weighted by molar-refractivity contribution is 5.97. The second-order valence-electron chi connectivity index (χ2n) is 4.55. The zero-order valence-corrected chi connectivity index (χ0v) is 11.2. The molecule has 2 rings (SSSR count). The van der Waals surface area contributed by atoms with Crippen molar-refractivity contribution in [3.8, 4) is 11.1 Å². The zero-order valence-electron chi connectivity index (χ0n) is 11.2. The van der Waals surface area contributed by atoms with Crippen LogP contribution in [0.5, 0.6) is 0 Å². The third-order valence-electron chi connectivity index (χ3n) is 3.11. The molecule has 110 valence electrons. The van der Waals surface area contributed by atoms with E-state index in [0.717, 1.165) is 12.1 Å². The van der Waals surface area contributed by atoms with Crippen LogP contribution in [0.15, 0.2) is 42.5 Å². The highest BCUT2D eigenvalue weighted by Crippen LogP contribution is 2.34. The Balaban J connectivity index is 2.50. The van der Waals surface area contributed by atoms with Crippen LogP contribution in [0.2, 0.25) is 0 Å². The summed E-state index contributed by atoms with van der Waals surface area (Å²) in [5, 5.41) is 0. The van der Waals surface area contributed by atoms with Gasteiger partial charge >= 0.3 is 6.18 Å². The van der Waals surface area contributed by atoms with E-state index in [1.165, 1.54) is 12.1 Å². The molecule has 0 saturated heterocycles. The monoisotopic (exact) mass is 296 g/mol. The predicted molar refractivity (Wildman–Crippen MR) is 71.5 cm³/mol. The molecule has 0 bridgehead atoms. The van der Waals surface area contributed by atoms with Crippen LogP contribution >= 0.6 is 0 Å². The molecule has 0 atom stereocenters. The van der Waals surface area contributed by atoms with Gasteiger partial charge in [-0.25, -0.2) is 4.39 Å². The van der Waals surface area contributed by atoms with Gasteiger partial charge in [-0.1, -0.05) is 31.2 Å². The largest absolute Gasteiger partial charge is 0.419 e. The third-order valence-corrected chi connectivity index (χ3v) is 3.11.